The third-order valence-corrected chi connectivity index (χ3v) is 3.90. The zero-order valence-corrected chi connectivity index (χ0v) is 11.5. The lowest BCUT2D eigenvalue weighted by Crippen LogP contribution is -2.37. The van der Waals surface area contributed by atoms with Crippen molar-refractivity contribution in [3.63, 3.8) is 0 Å². The molecule has 1 aliphatic carbocycles. The summed E-state index contributed by atoms with van der Waals surface area (Å²) in [4.78, 5) is 10.6. The van der Waals surface area contributed by atoms with Gasteiger partial charge < -0.3 is 15.8 Å². The van der Waals surface area contributed by atoms with Crippen molar-refractivity contribution in [1.29, 1.82) is 0 Å². The summed E-state index contributed by atoms with van der Waals surface area (Å²) in [6, 6.07) is 0.443. The van der Waals surface area contributed by atoms with Gasteiger partial charge in [0.25, 0.3) is 0 Å². The Morgan fingerprint density at radius 3 is 2.58 bits per heavy atom. The molecule has 104 valence electrons. The molecular formula is C13H21N5O. The van der Waals surface area contributed by atoms with Crippen molar-refractivity contribution in [1.82, 2.24) is 9.97 Å². The highest BCUT2D eigenvalue weighted by Crippen LogP contribution is 2.29. The molecule has 1 fully saturated rings. The Labute approximate surface area is 113 Å². The van der Waals surface area contributed by atoms with E-state index in [2.05, 4.69) is 26.9 Å². The van der Waals surface area contributed by atoms with Crippen LogP contribution in [0.1, 0.15) is 38.3 Å². The van der Waals surface area contributed by atoms with Gasteiger partial charge in [0.1, 0.15) is 0 Å². The van der Waals surface area contributed by atoms with Crippen LogP contribution in [0.15, 0.2) is 17.5 Å². The van der Waals surface area contributed by atoms with Crippen molar-refractivity contribution < 1.29 is 5.21 Å². The SMILES string of the molecule is CC1CCC(N(C)c2nccnc2/C(N)=N/O)CC1. The van der Waals surface area contributed by atoms with Crippen LogP contribution in [-0.4, -0.2) is 34.1 Å². The minimum atomic E-state index is -0.000808. The van der Waals surface area contributed by atoms with E-state index in [1.807, 2.05) is 7.05 Å². The van der Waals surface area contributed by atoms with Crippen LogP contribution in [0.25, 0.3) is 0 Å². The average Bonchev–Trinajstić information content (AvgIpc) is 2.46. The minimum absolute atomic E-state index is 0.000808. The molecule has 0 spiro atoms. The molecule has 1 aromatic heterocycles. The number of hydrogen-bond acceptors (Lipinski definition) is 5. The Kier molecular flexibility index (Phi) is 4.19. The second-order valence-corrected chi connectivity index (χ2v) is 5.24. The van der Waals surface area contributed by atoms with Gasteiger partial charge in [-0.3, -0.25) is 0 Å². The van der Waals surface area contributed by atoms with Crippen LogP contribution >= 0.6 is 0 Å². The van der Waals surface area contributed by atoms with Crippen molar-refractivity contribution in [2.24, 2.45) is 16.8 Å². The number of nitrogens with two attached hydrogens (primary N) is 1. The van der Waals surface area contributed by atoms with Gasteiger partial charge in [0.2, 0.25) is 0 Å². The van der Waals surface area contributed by atoms with Gasteiger partial charge in [-0.1, -0.05) is 12.1 Å². The molecule has 0 aromatic carbocycles. The molecule has 0 bridgehead atoms. The molecule has 6 heteroatoms. The van der Waals surface area contributed by atoms with Crippen molar-refractivity contribution in [3.8, 4) is 0 Å². The number of rotatable bonds is 3. The summed E-state index contributed by atoms with van der Waals surface area (Å²) in [7, 11) is 2.00. The van der Waals surface area contributed by atoms with E-state index in [1.165, 1.54) is 12.8 Å². The molecule has 1 saturated carbocycles. The van der Waals surface area contributed by atoms with Crippen LogP contribution in [0.3, 0.4) is 0 Å². The van der Waals surface area contributed by atoms with E-state index in [4.69, 9.17) is 10.9 Å². The van der Waals surface area contributed by atoms with Crippen LogP contribution in [-0.2, 0) is 0 Å². The zero-order valence-electron chi connectivity index (χ0n) is 11.5. The lowest BCUT2D eigenvalue weighted by atomic mass is 9.87. The Bertz CT molecular complexity index is 454. The van der Waals surface area contributed by atoms with Crippen molar-refractivity contribution in [2.75, 3.05) is 11.9 Å². The summed E-state index contributed by atoms with van der Waals surface area (Å²) in [5, 5.41) is 11.8. The largest absolute Gasteiger partial charge is 0.409 e. The monoisotopic (exact) mass is 263 g/mol. The van der Waals surface area contributed by atoms with E-state index in [0.717, 1.165) is 18.8 Å². The van der Waals surface area contributed by atoms with E-state index in [0.29, 0.717) is 17.6 Å². The van der Waals surface area contributed by atoms with Gasteiger partial charge in [0.05, 0.1) is 0 Å². The first-order valence-electron chi connectivity index (χ1n) is 6.65. The molecule has 0 aliphatic heterocycles. The summed E-state index contributed by atoms with van der Waals surface area (Å²) < 4.78 is 0. The Morgan fingerprint density at radius 1 is 1.32 bits per heavy atom. The van der Waals surface area contributed by atoms with Gasteiger partial charge in [0, 0.05) is 25.5 Å². The Morgan fingerprint density at radius 2 is 1.95 bits per heavy atom. The molecule has 1 heterocycles. The molecule has 0 amide bonds. The van der Waals surface area contributed by atoms with Gasteiger partial charge >= 0.3 is 0 Å². The molecule has 1 aromatic rings. The first kappa shape index (κ1) is 13.6. The highest BCUT2D eigenvalue weighted by Gasteiger charge is 2.25. The van der Waals surface area contributed by atoms with E-state index in [-0.39, 0.29) is 5.84 Å². The number of hydrogen-bond donors (Lipinski definition) is 2. The van der Waals surface area contributed by atoms with E-state index in [9.17, 15) is 0 Å². The third kappa shape index (κ3) is 2.94. The van der Waals surface area contributed by atoms with Gasteiger partial charge in [0.15, 0.2) is 17.3 Å². The number of nitrogens with zero attached hydrogens (tertiary/aromatic N) is 4. The molecular weight excluding hydrogens is 242 g/mol. The molecule has 2 rings (SSSR count). The minimum Gasteiger partial charge on any atom is -0.409 e. The smallest absolute Gasteiger partial charge is 0.192 e. The van der Waals surface area contributed by atoms with Gasteiger partial charge in [-0.15, -0.1) is 0 Å². The summed E-state index contributed by atoms with van der Waals surface area (Å²) >= 11 is 0. The van der Waals surface area contributed by atoms with Crippen LogP contribution < -0.4 is 10.6 Å². The maximum absolute atomic E-state index is 8.82. The van der Waals surface area contributed by atoms with Gasteiger partial charge in [-0.25, -0.2) is 9.97 Å². The van der Waals surface area contributed by atoms with Crippen molar-refractivity contribution in [3.05, 3.63) is 18.1 Å². The maximum Gasteiger partial charge on any atom is 0.192 e. The van der Waals surface area contributed by atoms with Gasteiger partial charge in [-0.05, 0) is 31.6 Å². The topological polar surface area (TPSA) is 87.6 Å². The van der Waals surface area contributed by atoms with E-state index in [1.54, 1.807) is 12.4 Å². The zero-order chi connectivity index (χ0) is 13.8. The van der Waals surface area contributed by atoms with E-state index < -0.39 is 0 Å². The van der Waals surface area contributed by atoms with Crippen molar-refractivity contribution in [2.45, 2.75) is 38.6 Å². The highest BCUT2D eigenvalue weighted by molar-refractivity contribution is 5.99. The second kappa shape index (κ2) is 5.86. The number of aromatic nitrogens is 2. The van der Waals surface area contributed by atoms with Crippen LogP contribution in [0, 0.1) is 5.92 Å². The summed E-state index contributed by atoms with van der Waals surface area (Å²) in [6.45, 7) is 2.29. The molecule has 3 N–H and O–H groups in total. The molecule has 0 radical (unpaired) electrons. The predicted molar refractivity (Wildman–Crippen MR) is 74.4 cm³/mol. The number of amidine groups is 1. The molecule has 0 saturated heterocycles. The molecule has 1 aliphatic rings. The Hall–Kier alpha value is -1.85. The predicted octanol–water partition coefficient (Wildman–Crippen LogP) is 1.59. The summed E-state index contributed by atoms with van der Waals surface area (Å²) in [6.07, 6.45) is 7.93. The van der Waals surface area contributed by atoms with Crippen molar-refractivity contribution >= 4 is 11.7 Å². The van der Waals surface area contributed by atoms with E-state index >= 15 is 0 Å². The summed E-state index contributed by atoms with van der Waals surface area (Å²) in [5.41, 5.74) is 6.09. The second-order valence-electron chi connectivity index (χ2n) is 5.24. The third-order valence-electron chi connectivity index (χ3n) is 3.90. The first-order chi connectivity index (χ1) is 9.13. The molecule has 0 atom stereocenters. The fraction of sp³-hybridized carbons (Fsp3) is 0.615. The standard InChI is InChI=1S/C13H21N5O/c1-9-3-5-10(6-4-9)18(2)13-11(12(14)17-19)15-7-8-16-13/h7-10,19H,3-6H2,1-2H3,(H2,14,17). The number of anilines is 1. The number of oxime groups is 1. The fourth-order valence-corrected chi connectivity index (χ4v) is 2.62. The van der Waals surface area contributed by atoms with Crippen LogP contribution in [0.5, 0.6) is 0 Å². The Balaban J connectivity index is 2.21. The fourth-order valence-electron chi connectivity index (χ4n) is 2.62. The quantitative estimate of drug-likeness (QED) is 0.374. The lowest BCUT2D eigenvalue weighted by Gasteiger charge is -2.34. The first-order valence-corrected chi connectivity index (χ1v) is 6.65. The summed E-state index contributed by atoms with van der Waals surface area (Å²) in [5.74, 6) is 1.48. The van der Waals surface area contributed by atoms with Crippen LogP contribution in [0.2, 0.25) is 0 Å². The average molecular weight is 263 g/mol. The lowest BCUT2D eigenvalue weighted by molar-refractivity contribution is 0.318. The highest BCUT2D eigenvalue weighted by atomic mass is 16.4. The normalized spacial score (nSPS) is 24.2. The maximum atomic E-state index is 8.82. The van der Waals surface area contributed by atoms with Crippen LogP contribution in [0.4, 0.5) is 5.82 Å². The molecule has 0 unspecified atom stereocenters. The molecule has 6 nitrogen and oxygen atoms in total. The molecule has 19 heavy (non-hydrogen) atoms. The van der Waals surface area contributed by atoms with Gasteiger partial charge in [-0.2, -0.15) is 0 Å².